The smallest absolute Gasteiger partial charge is 0.378 e. The molecule has 0 spiro atoms. The number of carbonyl (C=O) groups is 1. The molecule has 0 saturated heterocycles. The van der Waals surface area contributed by atoms with Gasteiger partial charge in [0.2, 0.25) is 0 Å². The summed E-state index contributed by atoms with van der Waals surface area (Å²) in [4.78, 5) is 15.8. The molecule has 2 rings (SSSR count). The Labute approximate surface area is 111 Å². The van der Waals surface area contributed by atoms with Gasteiger partial charge < -0.3 is 4.74 Å². The van der Waals surface area contributed by atoms with E-state index in [0.29, 0.717) is 12.4 Å². The van der Waals surface area contributed by atoms with Crippen molar-refractivity contribution in [3.8, 4) is 11.5 Å². The van der Waals surface area contributed by atoms with E-state index in [4.69, 9.17) is 4.74 Å². The standard InChI is InChI=1S/C12H17N5O2/c1-5-8-7-9(16(3)14-8)11-13-10(15-17(11)4)12(18)19-6-2/h7H,5-6H2,1-4H3. The molecule has 7 heteroatoms. The van der Waals surface area contributed by atoms with Crippen LogP contribution in [-0.4, -0.2) is 37.1 Å². The maximum Gasteiger partial charge on any atom is 0.378 e. The van der Waals surface area contributed by atoms with E-state index in [1.807, 2.05) is 20.0 Å². The Bertz CT molecular complexity index is 599. The molecule has 2 aromatic heterocycles. The fourth-order valence-electron chi connectivity index (χ4n) is 1.80. The molecule has 0 aromatic carbocycles. The van der Waals surface area contributed by atoms with Crippen LogP contribution in [0.2, 0.25) is 0 Å². The summed E-state index contributed by atoms with van der Waals surface area (Å²) < 4.78 is 8.18. The minimum absolute atomic E-state index is 0.0681. The van der Waals surface area contributed by atoms with Gasteiger partial charge in [-0.05, 0) is 19.4 Å². The number of aryl methyl sites for hydroxylation is 3. The van der Waals surface area contributed by atoms with Crippen molar-refractivity contribution in [2.24, 2.45) is 14.1 Å². The van der Waals surface area contributed by atoms with E-state index in [9.17, 15) is 4.79 Å². The molecule has 102 valence electrons. The van der Waals surface area contributed by atoms with Crippen LogP contribution in [0.25, 0.3) is 11.5 Å². The summed E-state index contributed by atoms with van der Waals surface area (Å²) in [7, 11) is 3.58. The predicted octanol–water partition coefficient (Wildman–Crippen LogP) is 0.955. The van der Waals surface area contributed by atoms with Crippen LogP contribution in [0.15, 0.2) is 6.07 Å². The number of esters is 1. The highest BCUT2D eigenvalue weighted by Gasteiger charge is 2.19. The van der Waals surface area contributed by atoms with Crippen LogP contribution in [0.3, 0.4) is 0 Å². The van der Waals surface area contributed by atoms with Crippen molar-refractivity contribution in [3.63, 3.8) is 0 Å². The number of nitrogens with zero attached hydrogens (tertiary/aromatic N) is 5. The average Bonchev–Trinajstić information content (AvgIpc) is 2.92. The van der Waals surface area contributed by atoms with Crippen LogP contribution in [0, 0.1) is 0 Å². The van der Waals surface area contributed by atoms with Gasteiger partial charge >= 0.3 is 5.97 Å². The summed E-state index contributed by atoms with van der Waals surface area (Å²) in [6, 6.07) is 1.94. The van der Waals surface area contributed by atoms with E-state index in [0.717, 1.165) is 17.8 Å². The van der Waals surface area contributed by atoms with Gasteiger partial charge in [-0.15, -0.1) is 5.10 Å². The van der Waals surface area contributed by atoms with Crippen molar-refractivity contribution in [2.45, 2.75) is 20.3 Å². The monoisotopic (exact) mass is 263 g/mol. The molecule has 0 aliphatic rings. The topological polar surface area (TPSA) is 74.8 Å². The number of aromatic nitrogens is 5. The van der Waals surface area contributed by atoms with Gasteiger partial charge in [0.1, 0.15) is 5.69 Å². The van der Waals surface area contributed by atoms with Crippen molar-refractivity contribution in [2.75, 3.05) is 6.61 Å². The lowest BCUT2D eigenvalue weighted by molar-refractivity contribution is 0.0512. The van der Waals surface area contributed by atoms with Gasteiger partial charge in [0.15, 0.2) is 5.82 Å². The maximum absolute atomic E-state index is 11.6. The van der Waals surface area contributed by atoms with Crippen LogP contribution in [0.5, 0.6) is 0 Å². The van der Waals surface area contributed by atoms with Gasteiger partial charge in [0.25, 0.3) is 5.82 Å². The van der Waals surface area contributed by atoms with Crippen molar-refractivity contribution in [3.05, 3.63) is 17.6 Å². The van der Waals surface area contributed by atoms with Gasteiger partial charge in [0.05, 0.1) is 12.3 Å². The molecule has 0 atom stereocenters. The van der Waals surface area contributed by atoms with Crippen molar-refractivity contribution >= 4 is 5.97 Å². The first-order chi connectivity index (χ1) is 9.06. The molecule has 0 radical (unpaired) electrons. The van der Waals surface area contributed by atoms with Gasteiger partial charge in [-0.25, -0.2) is 9.48 Å². The lowest BCUT2D eigenvalue weighted by atomic mass is 10.3. The molecule has 2 heterocycles. The highest BCUT2D eigenvalue weighted by atomic mass is 16.5. The van der Waals surface area contributed by atoms with Gasteiger partial charge in [-0.2, -0.15) is 10.1 Å². The summed E-state index contributed by atoms with van der Waals surface area (Å²) in [5, 5.41) is 8.43. The number of rotatable bonds is 4. The summed E-state index contributed by atoms with van der Waals surface area (Å²) in [6.07, 6.45) is 0.844. The van der Waals surface area contributed by atoms with E-state index in [1.54, 1.807) is 23.3 Å². The Balaban J connectivity index is 2.39. The highest BCUT2D eigenvalue weighted by Crippen LogP contribution is 2.18. The molecule has 0 bridgehead atoms. The predicted molar refractivity (Wildman–Crippen MR) is 68.5 cm³/mol. The van der Waals surface area contributed by atoms with Crippen LogP contribution >= 0.6 is 0 Å². The van der Waals surface area contributed by atoms with Crippen LogP contribution < -0.4 is 0 Å². The van der Waals surface area contributed by atoms with E-state index in [1.165, 1.54) is 0 Å². The van der Waals surface area contributed by atoms with Gasteiger partial charge in [-0.3, -0.25) is 4.68 Å². The number of hydrogen-bond acceptors (Lipinski definition) is 5. The second kappa shape index (κ2) is 5.21. The Morgan fingerprint density at radius 3 is 2.58 bits per heavy atom. The zero-order valence-corrected chi connectivity index (χ0v) is 11.5. The Morgan fingerprint density at radius 2 is 2.00 bits per heavy atom. The quantitative estimate of drug-likeness (QED) is 0.768. The van der Waals surface area contributed by atoms with E-state index < -0.39 is 5.97 Å². The Kier molecular flexibility index (Phi) is 3.64. The minimum atomic E-state index is -0.512. The molecule has 0 aliphatic carbocycles. The highest BCUT2D eigenvalue weighted by molar-refractivity contribution is 5.85. The van der Waals surface area contributed by atoms with Crippen molar-refractivity contribution in [1.29, 1.82) is 0 Å². The summed E-state index contributed by atoms with van der Waals surface area (Å²) >= 11 is 0. The molecule has 7 nitrogen and oxygen atoms in total. The average molecular weight is 263 g/mol. The molecule has 0 saturated carbocycles. The van der Waals surface area contributed by atoms with E-state index in [-0.39, 0.29) is 5.82 Å². The normalized spacial score (nSPS) is 10.7. The molecule has 0 fully saturated rings. The lowest BCUT2D eigenvalue weighted by Gasteiger charge is -1.98. The second-order valence-corrected chi connectivity index (χ2v) is 4.10. The lowest BCUT2D eigenvalue weighted by Crippen LogP contribution is -2.07. The SMILES string of the molecule is CCOC(=O)c1nc(-c2cc(CC)nn2C)n(C)n1. The number of carbonyl (C=O) groups excluding carboxylic acids is 1. The Morgan fingerprint density at radius 1 is 1.26 bits per heavy atom. The minimum Gasteiger partial charge on any atom is -0.460 e. The van der Waals surface area contributed by atoms with Gasteiger partial charge in [-0.1, -0.05) is 6.92 Å². The molecule has 0 unspecified atom stereocenters. The van der Waals surface area contributed by atoms with Crippen molar-refractivity contribution in [1.82, 2.24) is 24.5 Å². The van der Waals surface area contributed by atoms with Crippen LogP contribution in [0.1, 0.15) is 30.2 Å². The molecular weight excluding hydrogens is 246 g/mol. The first kappa shape index (κ1) is 13.3. The third kappa shape index (κ3) is 2.49. The molecule has 19 heavy (non-hydrogen) atoms. The molecular formula is C12H17N5O2. The number of ether oxygens (including phenoxy) is 1. The zero-order valence-electron chi connectivity index (χ0n) is 11.5. The van der Waals surface area contributed by atoms with Crippen LogP contribution in [-0.2, 0) is 25.3 Å². The third-order valence-electron chi connectivity index (χ3n) is 2.74. The molecule has 0 aliphatic heterocycles. The Hall–Kier alpha value is -2.18. The largest absolute Gasteiger partial charge is 0.460 e. The molecule has 2 aromatic rings. The van der Waals surface area contributed by atoms with E-state index >= 15 is 0 Å². The first-order valence-corrected chi connectivity index (χ1v) is 6.18. The van der Waals surface area contributed by atoms with Crippen LogP contribution in [0.4, 0.5) is 0 Å². The zero-order chi connectivity index (χ0) is 14.0. The van der Waals surface area contributed by atoms with E-state index in [2.05, 4.69) is 15.2 Å². The van der Waals surface area contributed by atoms with Crippen molar-refractivity contribution < 1.29 is 9.53 Å². The van der Waals surface area contributed by atoms with Gasteiger partial charge in [0, 0.05) is 14.1 Å². The second-order valence-electron chi connectivity index (χ2n) is 4.10. The molecule has 0 N–H and O–H groups in total. The summed E-state index contributed by atoms with van der Waals surface area (Å²) in [5.74, 6) is 0.151. The summed E-state index contributed by atoms with van der Waals surface area (Å²) in [6.45, 7) is 4.08. The fraction of sp³-hybridized carbons (Fsp3) is 0.500. The molecule has 0 amide bonds. The third-order valence-corrected chi connectivity index (χ3v) is 2.74. The number of hydrogen-bond donors (Lipinski definition) is 0. The first-order valence-electron chi connectivity index (χ1n) is 6.18. The maximum atomic E-state index is 11.6. The fourth-order valence-corrected chi connectivity index (χ4v) is 1.80. The summed E-state index contributed by atoms with van der Waals surface area (Å²) in [5.41, 5.74) is 1.79.